The van der Waals surface area contributed by atoms with Crippen molar-refractivity contribution in [1.82, 2.24) is 9.80 Å². The van der Waals surface area contributed by atoms with Crippen molar-refractivity contribution in [3.63, 3.8) is 0 Å². The molecule has 1 amide bonds. The number of amides is 1. The van der Waals surface area contributed by atoms with Crippen molar-refractivity contribution in [2.24, 2.45) is 0 Å². The minimum Gasteiger partial charge on any atom is -0.488 e. The van der Waals surface area contributed by atoms with Gasteiger partial charge in [-0.2, -0.15) is 0 Å². The molecule has 4 nitrogen and oxygen atoms in total. The zero-order valence-corrected chi connectivity index (χ0v) is 13.1. The van der Waals surface area contributed by atoms with Crippen molar-refractivity contribution in [3.05, 3.63) is 29.3 Å². The second-order valence-electron chi connectivity index (χ2n) is 5.87. The summed E-state index contributed by atoms with van der Waals surface area (Å²) in [6.45, 7) is 6.38. The van der Waals surface area contributed by atoms with Crippen molar-refractivity contribution in [2.75, 3.05) is 38.6 Å². The molecular weight excluding hydrogens is 288 g/mol. The average molecular weight is 309 g/mol. The highest BCUT2D eigenvalue weighted by Gasteiger charge is 2.27. The molecule has 1 unspecified atom stereocenters. The van der Waals surface area contributed by atoms with Crippen LogP contribution in [-0.4, -0.2) is 60.4 Å². The average Bonchev–Trinajstić information content (AvgIpc) is 2.88. The van der Waals surface area contributed by atoms with Crippen LogP contribution in [0.2, 0.25) is 0 Å². The predicted octanol–water partition coefficient (Wildman–Crippen LogP) is 1.68. The third-order valence-corrected chi connectivity index (χ3v) is 4.49. The third-order valence-electron chi connectivity index (χ3n) is 4.26. The number of fused-ring (bicyclic) bond motifs is 1. The molecule has 0 bridgehead atoms. The van der Waals surface area contributed by atoms with Crippen molar-refractivity contribution in [3.8, 4) is 5.75 Å². The number of halogens is 1. The maximum absolute atomic E-state index is 11.5. The molecule has 0 saturated carbocycles. The van der Waals surface area contributed by atoms with Gasteiger partial charge in [-0.05, 0) is 18.6 Å². The zero-order valence-electron chi connectivity index (χ0n) is 12.3. The van der Waals surface area contributed by atoms with Gasteiger partial charge in [-0.15, -0.1) is 11.6 Å². The Labute approximate surface area is 130 Å². The number of alkyl halides is 1. The van der Waals surface area contributed by atoms with E-state index in [4.69, 9.17) is 16.3 Å². The first-order valence-electron chi connectivity index (χ1n) is 7.48. The fourth-order valence-electron chi connectivity index (χ4n) is 3.10. The lowest BCUT2D eigenvalue weighted by atomic mass is 10.1. The molecule has 2 aliphatic heterocycles. The Morgan fingerprint density at radius 1 is 1.33 bits per heavy atom. The van der Waals surface area contributed by atoms with Gasteiger partial charge in [-0.1, -0.05) is 17.7 Å². The van der Waals surface area contributed by atoms with Gasteiger partial charge in [0.1, 0.15) is 17.7 Å². The first-order valence-corrected chi connectivity index (χ1v) is 8.01. The molecule has 1 saturated heterocycles. The Bertz CT molecular complexity index is 527. The predicted molar refractivity (Wildman–Crippen MR) is 83.0 cm³/mol. The molecule has 3 rings (SSSR count). The molecule has 2 aliphatic rings. The van der Waals surface area contributed by atoms with E-state index in [0.29, 0.717) is 0 Å². The van der Waals surface area contributed by atoms with Crippen LogP contribution in [-0.2, 0) is 11.2 Å². The number of carbonyl (C=O) groups excluding carboxylic acids is 1. The maximum Gasteiger partial charge on any atom is 0.237 e. The third kappa shape index (κ3) is 3.33. The van der Waals surface area contributed by atoms with Gasteiger partial charge in [-0.3, -0.25) is 9.69 Å². The summed E-state index contributed by atoms with van der Waals surface area (Å²) >= 11 is 5.60. The molecule has 0 spiro atoms. The van der Waals surface area contributed by atoms with Gasteiger partial charge in [0, 0.05) is 39.1 Å². The van der Waals surface area contributed by atoms with E-state index in [2.05, 4.69) is 30.0 Å². The molecule has 0 radical (unpaired) electrons. The van der Waals surface area contributed by atoms with Crippen molar-refractivity contribution < 1.29 is 9.53 Å². The number of hydrogen-bond donors (Lipinski definition) is 0. The van der Waals surface area contributed by atoms with Crippen molar-refractivity contribution in [1.29, 1.82) is 0 Å². The summed E-state index contributed by atoms with van der Waals surface area (Å²) in [5, 5.41) is 0. The SMILES string of the molecule is Cc1ccc2c(c1)CC(CN1CCN(C(=O)CCl)CC1)O2. The van der Waals surface area contributed by atoms with E-state index in [1.54, 1.807) is 0 Å². The summed E-state index contributed by atoms with van der Waals surface area (Å²) in [6, 6.07) is 6.38. The van der Waals surface area contributed by atoms with Crippen LogP contribution >= 0.6 is 11.6 Å². The highest BCUT2D eigenvalue weighted by Crippen LogP contribution is 2.29. The first kappa shape index (κ1) is 14.7. The highest BCUT2D eigenvalue weighted by molar-refractivity contribution is 6.27. The number of nitrogens with zero attached hydrogens (tertiary/aromatic N) is 2. The number of carbonyl (C=O) groups is 1. The van der Waals surface area contributed by atoms with Gasteiger partial charge >= 0.3 is 0 Å². The Kier molecular flexibility index (Phi) is 4.36. The minimum atomic E-state index is 0.0383. The van der Waals surface area contributed by atoms with E-state index in [-0.39, 0.29) is 17.9 Å². The topological polar surface area (TPSA) is 32.8 Å². The normalized spacial score (nSPS) is 22.0. The maximum atomic E-state index is 11.5. The van der Waals surface area contributed by atoms with E-state index < -0.39 is 0 Å². The van der Waals surface area contributed by atoms with Crippen LogP contribution in [0.3, 0.4) is 0 Å². The Morgan fingerprint density at radius 2 is 2.10 bits per heavy atom. The molecule has 21 heavy (non-hydrogen) atoms. The van der Waals surface area contributed by atoms with Gasteiger partial charge < -0.3 is 9.64 Å². The van der Waals surface area contributed by atoms with Gasteiger partial charge in [0.15, 0.2) is 0 Å². The number of piperazine rings is 1. The van der Waals surface area contributed by atoms with Crippen molar-refractivity contribution >= 4 is 17.5 Å². The monoisotopic (exact) mass is 308 g/mol. The van der Waals surface area contributed by atoms with Crippen LogP contribution in [0.1, 0.15) is 11.1 Å². The quantitative estimate of drug-likeness (QED) is 0.797. The van der Waals surface area contributed by atoms with E-state index in [1.165, 1.54) is 11.1 Å². The largest absolute Gasteiger partial charge is 0.488 e. The minimum absolute atomic E-state index is 0.0383. The second kappa shape index (κ2) is 6.24. The zero-order chi connectivity index (χ0) is 14.8. The molecule has 0 aromatic heterocycles. The lowest BCUT2D eigenvalue weighted by Gasteiger charge is -2.35. The van der Waals surface area contributed by atoms with Gasteiger partial charge in [-0.25, -0.2) is 0 Å². The molecule has 0 aliphatic carbocycles. The smallest absolute Gasteiger partial charge is 0.237 e. The molecular formula is C16H21ClN2O2. The van der Waals surface area contributed by atoms with Crippen LogP contribution in [0.5, 0.6) is 5.75 Å². The van der Waals surface area contributed by atoms with E-state index >= 15 is 0 Å². The summed E-state index contributed by atoms with van der Waals surface area (Å²) in [6.07, 6.45) is 1.22. The summed E-state index contributed by atoms with van der Waals surface area (Å²) in [7, 11) is 0. The van der Waals surface area contributed by atoms with Gasteiger partial charge in [0.25, 0.3) is 0 Å². The Hall–Kier alpha value is -1.26. The molecule has 1 aromatic carbocycles. The lowest BCUT2D eigenvalue weighted by molar-refractivity contribution is -0.130. The molecule has 0 N–H and O–H groups in total. The van der Waals surface area contributed by atoms with Crippen LogP contribution in [0, 0.1) is 6.92 Å². The van der Waals surface area contributed by atoms with Crippen LogP contribution < -0.4 is 4.74 Å². The second-order valence-corrected chi connectivity index (χ2v) is 6.14. The summed E-state index contributed by atoms with van der Waals surface area (Å²) < 4.78 is 6.02. The molecule has 5 heteroatoms. The van der Waals surface area contributed by atoms with Crippen LogP contribution in [0.15, 0.2) is 18.2 Å². The highest BCUT2D eigenvalue weighted by atomic mass is 35.5. The van der Waals surface area contributed by atoms with Crippen LogP contribution in [0.4, 0.5) is 0 Å². The Morgan fingerprint density at radius 3 is 2.81 bits per heavy atom. The fourth-order valence-corrected chi connectivity index (χ4v) is 3.27. The van der Waals surface area contributed by atoms with Crippen LogP contribution in [0.25, 0.3) is 0 Å². The summed E-state index contributed by atoms with van der Waals surface area (Å²) in [5.41, 5.74) is 2.60. The number of hydrogen-bond acceptors (Lipinski definition) is 3. The molecule has 2 heterocycles. The van der Waals surface area contributed by atoms with E-state index in [0.717, 1.165) is 44.9 Å². The van der Waals surface area contributed by atoms with Gasteiger partial charge in [0.05, 0.1) is 0 Å². The van der Waals surface area contributed by atoms with E-state index in [1.807, 2.05) is 4.90 Å². The molecule has 1 atom stereocenters. The van der Waals surface area contributed by atoms with Crippen molar-refractivity contribution in [2.45, 2.75) is 19.4 Å². The fraction of sp³-hybridized carbons (Fsp3) is 0.562. The number of ether oxygens (including phenoxy) is 1. The molecule has 114 valence electrons. The summed E-state index contributed by atoms with van der Waals surface area (Å²) in [5.74, 6) is 1.15. The lowest BCUT2D eigenvalue weighted by Crippen LogP contribution is -2.51. The summed E-state index contributed by atoms with van der Waals surface area (Å²) in [4.78, 5) is 15.8. The number of benzene rings is 1. The number of aryl methyl sites for hydroxylation is 1. The standard InChI is InChI=1S/C16H21ClN2O2/c1-12-2-3-15-13(8-12)9-14(21-15)11-18-4-6-19(7-5-18)16(20)10-17/h2-3,8,14H,4-7,9-11H2,1H3. The molecule has 1 fully saturated rings. The van der Waals surface area contributed by atoms with Gasteiger partial charge in [0.2, 0.25) is 5.91 Å². The molecule has 1 aromatic rings. The Balaban J connectivity index is 1.50. The van der Waals surface area contributed by atoms with E-state index in [9.17, 15) is 4.79 Å². The number of rotatable bonds is 3. The first-order chi connectivity index (χ1) is 10.2.